The molecule has 0 fully saturated rings. The Hall–Kier alpha value is -4.08. The predicted octanol–water partition coefficient (Wildman–Crippen LogP) is 5.19. The number of fused-ring (bicyclic) bond motifs is 1. The van der Waals surface area contributed by atoms with E-state index in [4.69, 9.17) is 0 Å². The van der Waals surface area contributed by atoms with E-state index in [0.717, 1.165) is 16.7 Å². The number of alkyl halides is 2. The molecule has 180 valence electrons. The molecule has 2 atom stereocenters. The molecule has 5 rings (SSSR count). The summed E-state index contributed by atoms with van der Waals surface area (Å²) in [6, 6.07) is 13.8. The molecule has 3 heterocycles. The van der Waals surface area contributed by atoms with Gasteiger partial charge in [-0.25, -0.2) is 17.9 Å². The second-order valence-electron chi connectivity index (χ2n) is 8.58. The fourth-order valence-electron chi connectivity index (χ4n) is 4.19. The minimum atomic E-state index is -2.64. The van der Waals surface area contributed by atoms with Crippen LogP contribution in [0.2, 0.25) is 0 Å². The van der Waals surface area contributed by atoms with Gasteiger partial charge in [-0.1, -0.05) is 42.0 Å². The van der Waals surface area contributed by atoms with Crippen LogP contribution in [-0.2, 0) is 6.54 Å². The van der Waals surface area contributed by atoms with Gasteiger partial charge in [0.1, 0.15) is 23.2 Å². The summed E-state index contributed by atoms with van der Waals surface area (Å²) in [6.45, 7) is 2.35. The normalized spacial score (nSPS) is 17.2. The van der Waals surface area contributed by atoms with Crippen molar-refractivity contribution in [3.8, 4) is 0 Å². The highest BCUT2D eigenvalue weighted by atomic mass is 19.3. The first kappa shape index (κ1) is 22.7. The molecule has 0 saturated heterocycles. The van der Waals surface area contributed by atoms with Gasteiger partial charge in [0, 0.05) is 12.3 Å². The van der Waals surface area contributed by atoms with E-state index in [1.54, 1.807) is 29.1 Å². The Bertz CT molecular complexity index is 1330. The van der Waals surface area contributed by atoms with Crippen LogP contribution < -0.4 is 10.6 Å². The average molecular weight is 480 g/mol. The SMILES string of the molecule is Cc1ccc([C@H]2C[C@@H](C(F)F)n3ncc(C(=O)Nc4ccn(Cc5ccc(F)cc5)n4)c3N2)cc1. The quantitative estimate of drug-likeness (QED) is 0.398. The largest absolute Gasteiger partial charge is 0.363 e. The summed E-state index contributed by atoms with van der Waals surface area (Å²) in [7, 11) is 0. The number of amides is 1. The number of hydrogen-bond acceptors (Lipinski definition) is 4. The first-order valence-electron chi connectivity index (χ1n) is 11.2. The molecule has 1 aliphatic heterocycles. The van der Waals surface area contributed by atoms with Gasteiger partial charge < -0.3 is 10.6 Å². The van der Waals surface area contributed by atoms with E-state index in [9.17, 15) is 18.0 Å². The van der Waals surface area contributed by atoms with Crippen LogP contribution in [0.4, 0.5) is 24.8 Å². The van der Waals surface area contributed by atoms with Crippen molar-refractivity contribution in [3.63, 3.8) is 0 Å². The van der Waals surface area contributed by atoms with Crippen LogP contribution in [0.25, 0.3) is 0 Å². The molecule has 0 spiro atoms. The third kappa shape index (κ3) is 4.77. The lowest BCUT2D eigenvalue weighted by atomic mass is 9.96. The summed E-state index contributed by atoms with van der Waals surface area (Å²) in [4.78, 5) is 13.0. The van der Waals surface area contributed by atoms with E-state index in [1.807, 2.05) is 31.2 Å². The van der Waals surface area contributed by atoms with Crippen LogP contribution in [0.3, 0.4) is 0 Å². The Labute approximate surface area is 199 Å². The Kier molecular flexibility index (Phi) is 6.02. The van der Waals surface area contributed by atoms with Crippen LogP contribution in [0.5, 0.6) is 0 Å². The monoisotopic (exact) mass is 480 g/mol. The topological polar surface area (TPSA) is 76.8 Å². The van der Waals surface area contributed by atoms with Crippen molar-refractivity contribution in [2.45, 2.75) is 38.4 Å². The summed E-state index contributed by atoms with van der Waals surface area (Å²) in [6.07, 6.45) is 0.483. The smallest absolute Gasteiger partial charge is 0.262 e. The number of anilines is 2. The summed E-state index contributed by atoms with van der Waals surface area (Å²) < 4.78 is 43.7. The number of nitrogens with one attached hydrogen (secondary N) is 2. The van der Waals surface area contributed by atoms with Crippen molar-refractivity contribution in [3.05, 3.63) is 95.1 Å². The van der Waals surface area contributed by atoms with Gasteiger partial charge in [-0.05, 0) is 36.6 Å². The minimum absolute atomic E-state index is 0.143. The van der Waals surface area contributed by atoms with E-state index in [0.29, 0.717) is 12.4 Å². The number of halogens is 3. The highest BCUT2D eigenvalue weighted by molar-refractivity contribution is 6.07. The molecule has 2 aromatic heterocycles. The molecule has 1 amide bonds. The van der Waals surface area contributed by atoms with Crippen LogP contribution in [-0.4, -0.2) is 31.9 Å². The van der Waals surface area contributed by atoms with Gasteiger partial charge in [-0.15, -0.1) is 0 Å². The lowest BCUT2D eigenvalue weighted by molar-refractivity contribution is 0.0657. The second kappa shape index (κ2) is 9.28. The predicted molar refractivity (Wildman–Crippen MR) is 125 cm³/mol. The van der Waals surface area contributed by atoms with Crippen LogP contribution >= 0.6 is 0 Å². The van der Waals surface area contributed by atoms with Gasteiger partial charge in [-0.3, -0.25) is 9.48 Å². The van der Waals surface area contributed by atoms with Crippen molar-refractivity contribution < 1.29 is 18.0 Å². The average Bonchev–Trinajstić information content (AvgIpc) is 3.47. The molecule has 7 nitrogen and oxygen atoms in total. The van der Waals surface area contributed by atoms with Crippen molar-refractivity contribution in [2.75, 3.05) is 10.6 Å². The first-order valence-corrected chi connectivity index (χ1v) is 11.2. The summed E-state index contributed by atoms with van der Waals surface area (Å²) in [5.41, 5.74) is 2.93. The third-order valence-electron chi connectivity index (χ3n) is 6.05. The van der Waals surface area contributed by atoms with E-state index < -0.39 is 18.4 Å². The van der Waals surface area contributed by atoms with Crippen molar-refractivity contribution in [1.82, 2.24) is 19.6 Å². The zero-order valence-electron chi connectivity index (χ0n) is 18.8. The Morgan fingerprint density at radius 1 is 1.14 bits per heavy atom. The molecular weight excluding hydrogens is 457 g/mol. The highest BCUT2D eigenvalue weighted by Gasteiger charge is 2.36. The number of rotatable bonds is 6. The molecule has 0 radical (unpaired) electrons. The Morgan fingerprint density at radius 3 is 2.60 bits per heavy atom. The number of nitrogens with zero attached hydrogens (tertiary/aromatic N) is 4. The van der Waals surface area contributed by atoms with E-state index in [-0.39, 0.29) is 29.7 Å². The Morgan fingerprint density at radius 2 is 1.89 bits per heavy atom. The second-order valence-corrected chi connectivity index (χ2v) is 8.58. The molecule has 0 saturated carbocycles. The van der Waals surface area contributed by atoms with E-state index in [2.05, 4.69) is 20.8 Å². The lowest BCUT2D eigenvalue weighted by Gasteiger charge is -2.32. The molecule has 4 aromatic rings. The zero-order chi connectivity index (χ0) is 24.5. The van der Waals surface area contributed by atoms with E-state index in [1.165, 1.54) is 23.0 Å². The molecule has 35 heavy (non-hydrogen) atoms. The fourth-order valence-corrected chi connectivity index (χ4v) is 4.19. The van der Waals surface area contributed by atoms with Gasteiger partial charge in [0.2, 0.25) is 0 Å². The van der Waals surface area contributed by atoms with Gasteiger partial charge in [-0.2, -0.15) is 10.2 Å². The Balaban J connectivity index is 1.35. The molecule has 1 aliphatic rings. The van der Waals surface area contributed by atoms with Gasteiger partial charge in [0.25, 0.3) is 12.3 Å². The lowest BCUT2D eigenvalue weighted by Crippen LogP contribution is -2.31. The maximum absolute atomic E-state index is 13.9. The van der Waals surface area contributed by atoms with Crippen LogP contribution in [0.1, 0.15) is 45.6 Å². The summed E-state index contributed by atoms with van der Waals surface area (Å²) in [5.74, 6) is -0.286. The van der Waals surface area contributed by atoms with E-state index >= 15 is 0 Å². The van der Waals surface area contributed by atoms with Gasteiger partial charge in [0.05, 0.1) is 18.8 Å². The number of carbonyl (C=O) groups excluding carboxylic acids is 1. The van der Waals surface area contributed by atoms with Crippen molar-refractivity contribution >= 4 is 17.5 Å². The highest BCUT2D eigenvalue weighted by Crippen LogP contribution is 2.39. The molecule has 0 aliphatic carbocycles. The fraction of sp³-hybridized carbons (Fsp3) is 0.240. The summed E-state index contributed by atoms with van der Waals surface area (Å²) >= 11 is 0. The molecule has 10 heteroatoms. The number of benzene rings is 2. The number of aryl methyl sites for hydroxylation is 1. The zero-order valence-corrected chi connectivity index (χ0v) is 18.8. The number of hydrogen-bond donors (Lipinski definition) is 2. The third-order valence-corrected chi connectivity index (χ3v) is 6.05. The molecule has 2 aromatic carbocycles. The summed E-state index contributed by atoms with van der Waals surface area (Å²) in [5, 5.41) is 14.3. The van der Waals surface area contributed by atoms with Crippen LogP contribution in [0, 0.1) is 12.7 Å². The molecule has 2 N–H and O–H groups in total. The van der Waals surface area contributed by atoms with Crippen LogP contribution in [0.15, 0.2) is 67.0 Å². The molecular formula is C25H23F3N6O. The van der Waals surface area contributed by atoms with Crippen molar-refractivity contribution in [2.24, 2.45) is 0 Å². The number of aromatic nitrogens is 4. The van der Waals surface area contributed by atoms with Gasteiger partial charge >= 0.3 is 0 Å². The maximum atomic E-state index is 13.9. The van der Waals surface area contributed by atoms with Gasteiger partial charge in [0.15, 0.2) is 5.82 Å². The maximum Gasteiger partial charge on any atom is 0.262 e. The molecule has 0 unspecified atom stereocenters. The minimum Gasteiger partial charge on any atom is -0.363 e. The van der Waals surface area contributed by atoms with Crippen molar-refractivity contribution in [1.29, 1.82) is 0 Å². The first-order chi connectivity index (χ1) is 16.9. The molecule has 0 bridgehead atoms. The number of carbonyl (C=O) groups is 1. The standard InChI is InChI=1S/C25H23F3N6O/c1-15-2-6-17(7-3-15)20-12-21(23(27)28)34-24(30-20)19(13-29-34)25(35)31-22-10-11-33(32-22)14-16-4-8-18(26)9-5-16/h2-11,13,20-21,23,30H,12,14H2,1H3,(H,31,32,35)/t20-,21+/m1/s1.